The third-order valence-corrected chi connectivity index (χ3v) is 16.8. The van der Waals surface area contributed by atoms with Crippen LogP contribution in [0.25, 0.3) is 11.6 Å². The maximum absolute atomic E-state index is 14.6. The van der Waals surface area contributed by atoms with Crippen molar-refractivity contribution in [3.8, 4) is 11.6 Å². The minimum absolute atomic E-state index is 0.00114. The smallest absolute Gasteiger partial charge is 0.333 e. The number of benzene rings is 1. The van der Waals surface area contributed by atoms with E-state index in [1.54, 1.807) is 25.9 Å². The molecule has 0 spiro atoms. The van der Waals surface area contributed by atoms with E-state index in [1.165, 1.54) is 46.0 Å². The molecule has 9 atom stereocenters. The van der Waals surface area contributed by atoms with Gasteiger partial charge >= 0.3 is 7.60 Å². The molecule has 3 aromatic rings. The number of ether oxygens (including phenoxy) is 1. The van der Waals surface area contributed by atoms with E-state index < -0.39 is 62.0 Å². The largest absolute Gasteiger partial charge is 0.386 e. The zero-order valence-electron chi connectivity index (χ0n) is 46.1. The number of carbonyl (C=O) groups is 6. The van der Waals surface area contributed by atoms with Gasteiger partial charge in [0.05, 0.1) is 48.8 Å². The molecule has 1 saturated heterocycles. The lowest BCUT2D eigenvalue weighted by Crippen LogP contribution is -2.60. The monoisotopic (exact) mass is 1130 g/mol. The number of anilines is 1. The summed E-state index contributed by atoms with van der Waals surface area (Å²) < 4.78 is 17.2. The lowest BCUT2D eigenvalue weighted by molar-refractivity contribution is -0.147. The zero-order valence-corrected chi connectivity index (χ0v) is 48.6. The van der Waals surface area contributed by atoms with Gasteiger partial charge in [-0.15, -0.1) is 20.4 Å². The van der Waals surface area contributed by atoms with E-state index in [-0.39, 0.29) is 90.1 Å². The summed E-state index contributed by atoms with van der Waals surface area (Å²) in [4.78, 5) is 114. The molecule has 0 bridgehead atoms. The first-order valence-corrected chi connectivity index (χ1v) is 30.3. The summed E-state index contributed by atoms with van der Waals surface area (Å²) >= 11 is 0. The average Bonchev–Trinajstić information content (AvgIpc) is 3.86. The fourth-order valence-corrected chi connectivity index (χ4v) is 11.7. The molecular formula is C51H79N12O11PS2. The van der Waals surface area contributed by atoms with Crippen LogP contribution in [0.2, 0.25) is 0 Å². The van der Waals surface area contributed by atoms with Crippen molar-refractivity contribution in [2.45, 2.75) is 149 Å². The molecule has 6 N–H and O–H groups in total. The standard InChI is InChI=1S/C51H79N12O11PS2/c1-12-32(6)45(38(74-11)26-42(66)63-22-16-19-37(63)25-33(7)49(68)54-34(8)46(67)35-17-14-13-15-18-35)62(10)51(70)43(30(2)3)56-50(69)44(31(4)5)61(9)41(65)21-24-77-76-23-20-40(64)55-36-27-52-47(53-28-36)48-59-57-39(58-60-48)29-75(71,72)73/h13-15,17-18,27-28,30-34,37-38,43-46,67H,12,16,19-26,29H2,1-11H3,(H,54,68)(H,55,64)(H,56,69)(H2,71,72,73)/t32-,33+,34+,37-,38+,43-,44-,45-,46+/m0/s1. The molecule has 23 nitrogen and oxygen atoms in total. The summed E-state index contributed by atoms with van der Waals surface area (Å²) in [6, 6.07) is 6.09. The van der Waals surface area contributed by atoms with E-state index in [4.69, 9.17) is 14.5 Å². The molecule has 26 heteroatoms. The van der Waals surface area contributed by atoms with Crippen LogP contribution in [0.15, 0.2) is 42.7 Å². The highest BCUT2D eigenvalue weighted by atomic mass is 33.1. The quantitative estimate of drug-likeness (QED) is 0.0300. The Kier molecular flexibility index (Phi) is 25.8. The number of amides is 6. The Morgan fingerprint density at radius 1 is 0.844 bits per heavy atom. The molecule has 0 saturated carbocycles. The Bertz CT molecular complexity index is 2450. The molecule has 426 valence electrons. The number of likely N-dealkylation sites (tertiary alicyclic amines) is 1. The Hall–Kier alpha value is -5.17. The number of aliphatic hydroxyl groups excluding tert-OH is 1. The summed E-state index contributed by atoms with van der Waals surface area (Å²) in [6.07, 6.45) is 3.35. The first kappa shape index (κ1) is 64.4. The SMILES string of the molecule is CC[C@H](C)[C@@H]([C@@H](CC(=O)N1CCC[C@H]1C[C@@H](C)C(=O)N[C@H](C)[C@@H](O)c1ccccc1)OC)N(C)C(=O)[C@@H](NC(=O)[C@H](C(C)C)N(C)C(=O)CCSSCCC(=O)Nc1cnc(-c2nnc(CP(=O)(O)O)nn2)nc1)C(C)C. The van der Waals surface area contributed by atoms with Gasteiger partial charge in [-0.05, 0) is 49.5 Å². The summed E-state index contributed by atoms with van der Waals surface area (Å²) in [7, 11) is 3.23. The van der Waals surface area contributed by atoms with E-state index in [0.29, 0.717) is 42.1 Å². The highest BCUT2D eigenvalue weighted by Gasteiger charge is 2.41. The first-order chi connectivity index (χ1) is 36.4. The lowest BCUT2D eigenvalue weighted by atomic mass is 9.89. The van der Waals surface area contributed by atoms with Crippen molar-refractivity contribution in [3.05, 3.63) is 54.1 Å². The molecule has 1 aliphatic heterocycles. The van der Waals surface area contributed by atoms with E-state index >= 15 is 0 Å². The number of aliphatic hydroxyl groups is 1. The number of nitrogens with zero attached hydrogens (tertiary/aromatic N) is 9. The molecule has 0 radical (unpaired) electrons. The van der Waals surface area contributed by atoms with Gasteiger partial charge in [-0.1, -0.05) is 107 Å². The van der Waals surface area contributed by atoms with E-state index in [9.17, 15) is 38.4 Å². The minimum Gasteiger partial charge on any atom is -0.386 e. The van der Waals surface area contributed by atoms with Crippen molar-refractivity contribution in [3.63, 3.8) is 0 Å². The zero-order chi connectivity index (χ0) is 57.1. The maximum Gasteiger partial charge on any atom is 0.333 e. The normalized spacial score (nSPS) is 16.9. The second kappa shape index (κ2) is 30.8. The van der Waals surface area contributed by atoms with Gasteiger partial charge in [0.1, 0.15) is 18.2 Å². The maximum atomic E-state index is 14.6. The highest BCUT2D eigenvalue weighted by molar-refractivity contribution is 8.76. The van der Waals surface area contributed by atoms with Gasteiger partial charge in [-0.2, -0.15) is 0 Å². The van der Waals surface area contributed by atoms with Crippen LogP contribution >= 0.6 is 29.2 Å². The Morgan fingerprint density at radius 2 is 1.47 bits per heavy atom. The number of hydrogen-bond donors (Lipinski definition) is 6. The second-order valence-electron chi connectivity index (χ2n) is 20.4. The van der Waals surface area contributed by atoms with Gasteiger partial charge in [-0.25, -0.2) is 9.97 Å². The number of rotatable bonds is 30. The molecular weight excluding hydrogens is 1050 g/mol. The number of likely N-dealkylation sites (N-methyl/N-ethyl adjacent to an activating group) is 2. The van der Waals surface area contributed by atoms with E-state index in [2.05, 4.69) is 46.3 Å². The highest BCUT2D eigenvalue weighted by Crippen LogP contribution is 2.37. The summed E-state index contributed by atoms with van der Waals surface area (Å²) in [6.45, 7) is 15.5. The van der Waals surface area contributed by atoms with E-state index in [1.807, 2.05) is 83.7 Å². The van der Waals surface area contributed by atoms with E-state index in [0.717, 1.165) is 12.8 Å². The van der Waals surface area contributed by atoms with Crippen LogP contribution in [-0.2, 0) is 44.2 Å². The fourth-order valence-electron chi connectivity index (χ4n) is 9.26. The number of hydrogen-bond acceptors (Lipinski definition) is 17. The molecule has 4 rings (SSSR count). The number of methoxy groups -OCH3 is 1. The number of nitrogens with one attached hydrogen (secondary N) is 3. The second-order valence-corrected chi connectivity index (χ2v) is 24.7. The van der Waals surface area contributed by atoms with Crippen molar-refractivity contribution >= 4 is 70.3 Å². The predicted molar refractivity (Wildman–Crippen MR) is 294 cm³/mol. The van der Waals surface area contributed by atoms with Crippen LogP contribution in [-0.4, -0.2) is 171 Å². The van der Waals surface area contributed by atoms with Crippen LogP contribution in [0, 0.1) is 23.7 Å². The molecule has 1 fully saturated rings. The molecule has 1 aliphatic rings. The van der Waals surface area contributed by atoms with Crippen LogP contribution in [0.5, 0.6) is 0 Å². The van der Waals surface area contributed by atoms with Crippen molar-refractivity contribution in [2.24, 2.45) is 23.7 Å². The third-order valence-electron chi connectivity index (χ3n) is 13.7. The van der Waals surface area contributed by atoms with Gasteiger partial charge in [0.2, 0.25) is 47.1 Å². The van der Waals surface area contributed by atoms with Crippen LogP contribution in [0.1, 0.15) is 118 Å². The van der Waals surface area contributed by atoms with Crippen molar-refractivity contribution in [2.75, 3.05) is 44.6 Å². The number of carbonyl (C=O) groups excluding carboxylic acids is 6. The summed E-state index contributed by atoms with van der Waals surface area (Å²) in [5.41, 5.74) is 1.02. The summed E-state index contributed by atoms with van der Waals surface area (Å²) in [5.74, 6) is -2.29. The third kappa shape index (κ3) is 19.6. The van der Waals surface area contributed by atoms with Gasteiger partial charge in [0.25, 0.3) is 0 Å². The van der Waals surface area contributed by atoms with Gasteiger partial charge < -0.3 is 50.3 Å². The Labute approximate surface area is 460 Å². The Balaban J connectivity index is 1.27. The van der Waals surface area contributed by atoms with Crippen LogP contribution in [0.3, 0.4) is 0 Å². The summed E-state index contributed by atoms with van der Waals surface area (Å²) in [5, 5.41) is 34.2. The molecule has 3 heterocycles. The van der Waals surface area contributed by atoms with Gasteiger partial charge in [0.15, 0.2) is 5.82 Å². The van der Waals surface area contributed by atoms with Crippen molar-refractivity contribution < 1.29 is 53.0 Å². The molecule has 1 aromatic carbocycles. The van der Waals surface area contributed by atoms with Crippen LogP contribution in [0.4, 0.5) is 5.69 Å². The Morgan fingerprint density at radius 3 is 2.04 bits per heavy atom. The molecule has 0 aliphatic carbocycles. The molecule has 6 amide bonds. The topological polar surface area (TPSA) is 313 Å². The van der Waals surface area contributed by atoms with Gasteiger partial charge in [0, 0.05) is 64.1 Å². The van der Waals surface area contributed by atoms with Crippen LogP contribution < -0.4 is 16.0 Å². The lowest BCUT2D eigenvalue weighted by Gasteiger charge is -2.41. The van der Waals surface area contributed by atoms with Crippen molar-refractivity contribution in [1.82, 2.24) is 55.7 Å². The predicted octanol–water partition coefficient (Wildman–Crippen LogP) is 4.66. The molecule has 2 aromatic heterocycles. The first-order valence-electron chi connectivity index (χ1n) is 26.0. The average molecular weight is 1130 g/mol. The fraction of sp³-hybridized carbons (Fsp3) is 0.647. The minimum atomic E-state index is -4.39. The number of aromatic nitrogens is 6. The molecule has 0 unspecified atom stereocenters. The van der Waals surface area contributed by atoms with Crippen molar-refractivity contribution in [1.29, 1.82) is 0 Å². The van der Waals surface area contributed by atoms with Gasteiger partial charge in [-0.3, -0.25) is 33.3 Å². The molecule has 77 heavy (non-hydrogen) atoms.